The molecular weight excluding hydrogens is 218 g/mol. The van der Waals surface area contributed by atoms with Crippen LogP contribution in [0.4, 0.5) is 11.9 Å². The van der Waals surface area contributed by atoms with E-state index in [0.717, 1.165) is 12.4 Å². The minimum Gasteiger partial charge on any atom is -0.368 e. The van der Waals surface area contributed by atoms with Gasteiger partial charge in [-0.3, -0.25) is 0 Å². The number of hydrogen-bond donors (Lipinski definition) is 2. The molecule has 7 heteroatoms. The van der Waals surface area contributed by atoms with Crippen LogP contribution in [0.2, 0.25) is 0 Å². The zero-order chi connectivity index (χ0) is 12.4. The largest absolute Gasteiger partial charge is 0.368 e. The van der Waals surface area contributed by atoms with E-state index in [1.807, 2.05) is 24.6 Å². The van der Waals surface area contributed by atoms with E-state index in [4.69, 9.17) is 11.5 Å². The normalized spacial score (nSPS) is 12.6. The Labute approximate surface area is 98.9 Å². The summed E-state index contributed by atoms with van der Waals surface area (Å²) < 4.78 is 2.03. The average molecular weight is 233 g/mol. The standard InChI is InChI=1S/C10H15N7/c1-6(5-17-4-3-13-7(17)2)8-14-9(11)16-10(12)15-8/h3-4,6H,5H2,1-2H3,(H4,11,12,14,15,16). The highest BCUT2D eigenvalue weighted by Crippen LogP contribution is 2.15. The van der Waals surface area contributed by atoms with Crippen molar-refractivity contribution < 1.29 is 0 Å². The van der Waals surface area contributed by atoms with Crippen molar-refractivity contribution in [1.82, 2.24) is 24.5 Å². The number of nitrogen functional groups attached to an aromatic ring is 2. The lowest BCUT2D eigenvalue weighted by Crippen LogP contribution is -2.13. The lowest BCUT2D eigenvalue weighted by atomic mass is 10.1. The molecule has 2 rings (SSSR count). The highest BCUT2D eigenvalue weighted by Gasteiger charge is 2.12. The number of aromatic nitrogens is 5. The van der Waals surface area contributed by atoms with Crippen LogP contribution in [-0.2, 0) is 6.54 Å². The minimum absolute atomic E-state index is 0.0931. The van der Waals surface area contributed by atoms with Crippen molar-refractivity contribution in [2.75, 3.05) is 11.5 Å². The third-order valence-corrected chi connectivity index (χ3v) is 2.52. The molecule has 0 radical (unpaired) electrons. The van der Waals surface area contributed by atoms with Crippen molar-refractivity contribution in [3.05, 3.63) is 24.0 Å². The fourth-order valence-electron chi connectivity index (χ4n) is 1.62. The maximum atomic E-state index is 5.54. The second-order valence-corrected chi connectivity index (χ2v) is 3.94. The van der Waals surface area contributed by atoms with E-state index >= 15 is 0 Å². The number of anilines is 2. The van der Waals surface area contributed by atoms with Gasteiger partial charge < -0.3 is 16.0 Å². The quantitative estimate of drug-likeness (QED) is 0.791. The molecule has 4 N–H and O–H groups in total. The van der Waals surface area contributed by atoms with Crippen molar-refractivity contribution in [3.8, 4) is 0 Å². The fourth-order valence-corrected chi connectivity index (χ4v) is 1.62. The lowest BCUT2D eigenvalue weighted by Gasteiger charge is -2.12. The molecule has 0 aliphatic heterocycles. The van der Waals surface area contributed by atoms with Crippen LogP contribution < -0.4 is 11.5 Å². The predicted molar refractivity (Wildman–Crippen MR) is 64.0 cm³/mol. The zero-order valence-corrected chi connectivity index (χ0v) is 9.83. The molecule has 0 saturated carbocycles. The van der Waals surface area contributed by atoms with Crippen LogP contribution in [0.5, 0.6) is 0 Å². The van der Waals surface area contributed by atoms with Gasteiger partial charge in [-0.2, -0.15) is 15.0 Å². The Balaban J connectivity index is 2.20. The van der Waals surface area contributed by atoms with Gasteiger partial charge in [0.1, 0.15) is 11.6 Å². The highest BCUT2D eigenvalue weighted by atomic mass is 15.1. The number of nitrogens with two attached hydrogens (primary N) is 2. The van der Waals surface area contributed by atoms with E-state index in [2.05, 4.69) is 19.9 Å². The summed E-state index contributed by atoms with van der Waals surface area (Å²) in [7, 11) is 0. The van der Waals surface area contributed by atoms with Gasteiger partial charge in [0.25, 0.3) is 0 Å². The van der Waals surface area contributed by atoms with Gasteiger partial charge in [0, 0.05) is 24.9 Å². The van der Waals surface area contributed by atoms with Crippen molar-refractivity contribution >= 4 is 11.9 Å². The molecule has 1 unspecified atom stereocenters. The van der Waals surface area contributed by atoms with Crippen LogP contribution in [0.15, 0.2) is 12.4 Å². The average Bonchev–Trinajstić information content (AvgIpc) is 2.63. The summed E-state index contributed by atoms with van der Waals surface area (Å²) in [6.45, 7) is 4.69. The van der Waals surface area contributed by atoms with Crippen molar-refractivity contribution in [3.63, 3.8) is 0 Å². The first-order chi connectivity index (χ1) is 8.06. The Kier molecular flexibility index (Phi) is 2.90. The summed E-state index contributed by atoms with van der Waals surface area (Å²) >= 11 is 0. The van der Waals surface area contributed by atoms with Crippen molar-refractivity contribution in [2.45, 2.75) is 26.3 Å². The molecule has 2 aromatic heterocycles. The van der Waals surface area contributed by atoms with Gasteiger partial charge in [-0.25, -0.2) is 4.98 Å². The number of rotatable bonds is 3. The fraction of sp³-hybridized carbons (Fsp3) is 0.400. The Morgan fingerprint density at radius 1 is 1.24 bits per heavy atom. The zero-order valence-electron chi connectivity index (χ0n) is 9.83. The molecular formula is C10H15N7. The van der Waals surface area contributed by atoms with E-state index < -0.39 is 0 Å². The second-order valence-electron chi connectivity index (χ2n) is 3.94. The summed E-state index contributed by atoms with van der Waals surface area (Å²) in [5.74, 6) is 1.95. The molecule has 0 bridgehead atoms. The molecule has 0 saturated heterocycles. The Morgan fingerprint density at radius 2 is 1.88 bits per heavy atom. The van der Waals surface area contributed by atoms with Crippen molar-refractivity contribution in [1.29, 1.82) is 0 Å². The molecule has 0 fully saturated rings. The van der Waals surface area contributed by atoms with Gasteiger partial charge in [0.05, 0.1) is 0 Å². The van der Waals surface area contributed by atoms with E-state index in [1.54, 1.807) is 6.20 Å². The van der Waals surface area contributed by atoms with Crippen LogP contribution in [-0.4, -0.2) is 24.5 Å². The molecule has 1 atom stereocenters. The molecule has 17 heavy (non-hydrogen) atoms. The molecule has 0 aliphatic carbocycles. The third-order valence-electron chi connectivity index (χ3n) is 2.52. The topological polar surface area (TPSA) is 109 Å². The second kappa shape index (κ2) is 4.36. The molecule has 0 aliphatic rings. The van der Waals surface area contributed by atoms with Gasteiger partial charge in [-0.15, -0.1) is 0 Å². The van der Waals surface area contributed by atoms with Crippen LogP contribution in [0, 0.1) is 6.92 Å². The Bertz CT molecular complexity index is 499. The maximum absolute atomic E-state index is 5.54. The molecule has 2 aromatic rings. The van der Waals surface area contributed by atoms with Gasteiger partial charge in [0.15, 0.2) is 0 Å². The molecule has 90 valence electrons. The lowest BCUT2D eigenvalue weighted by molar-refractivity contribution is 0.559. The number of hydrogen-bond acceptors (Lipinski definition) is 6. The van der Waals surface area contributed by atoms with Crippen LogP contribution in [0.3, 0.4) is 0 Å². The maximum Gasteiger partial charge on any atom is 0.225 e. The summed E-state index contributed by atoms with van der Waals surface area (Å²) in [5.41, 5.74) is 11.1. The van der Waals surface area contributed by atoms with E-state index in [1.165, 1.54) is 0 Å². The molecule has 0 spiro atoms. The summed E-state index contributed by atoms with van der Waals surface area (Å²) in [4.78, 5) is 16.1. The minimum atomic E-state index is 0.0931. The highest BCUT2D eigenvalue weighted by molar-refractivity contribution is 5.26. The monoisotopic (exact) mass is 233 g/mol. The van der Waals surface area contributed by atoms with Gasteiger partial charge >= 0.3 is 0 Å². The number of aryl methyl sites for hydroxylation is 1. The van der Waals surface area contributed by atoms with Gasteiger partial charge in [0.2, 0.25) is 11.9 Å². The molecule has 0 aromatic carbocycles. The van der Waals surface area contributed by atoms with E-state index in [-0.39, 0.29) is 17.8 Å². The van der Waals surface area contributed by atoms with Gasteiger partial charge in [-0.05, 0) is 6.92 Å². The predicted octanol–water partition coefficient (Wildman–Crippen LogP) is 0.345. The summed E-state index contributed by atoms with van der Waals surface area (Å²) in [6.07, 6.45) is 3.68. The molecule has 7 nitrogen and oxygen atoms in total. The Hall–Kier alpha value is -2.18. The SMILES string of the molecule is Cc1nccn1CC(C)c1nc(N)nc(N)n1. The smallest absolute Gasteiger partial charge is 0.225 e. The van der Waals surface area contributed by atoms with E-state index in [0.29, 0.717) is 5.82 Å². The Morgan fingerprint density at radius 3 is 2.41 bits per heavy atom. The summed E-state index contributed by atoms with van der Waals surface area (Å²) in [5, 5.41) is 0. The third kappa shape index (κ3) is 2.49. The van der Waals surface area contributed by atoms with Crippen LogP contribution in [0.25, 0.3) is 0 Å². The van der Waals surface area contributed by atoms with Crippen LogP contribution >= 0.6 is 0 Å². The molecule has 2 heterocycles. The first-order valence-corrected chi connectivity index (χ1v) is 5.31. The molecule has 0 amide bonds. The number of imidazole rings is 1. The van der Waals surface area contributed by atoms with E-state index in [9.17, 15) is 0 Å². The first kappa shape index (κ1) is 11.3. The summed E-state index contributed by atoms with van der Waals surface area (Å²) in [6, 6.07) is 0. The first-order valence-electron chi connectivity index (χ1n) is 5.31. The van der Waals surface area contributed by atoms with Crippen molar-refractivity contribution in [2.24, 2.45) is 0 Å². The van der Waals surface area contributed by atoms with Gasteiger partial charge in [-0.1, -0.05) is 6.92 Å². The van der Waals surface area contributed by atoms with Crippen LogP contribution in [0.1, 0.15) is 24.5 Å². The number of nitrogens with zero attached hydrogens (tertiary/aromatic N) is 5.